The molecule has 0 saturated carbocycles. The van der Waals surface area contributed by atoms with Crippen molar-refractivity contribution in [3.05, 3.63) is 35.6 Å². The molecule has 0 aliphatic carbocycles. The second kappa shape index (κ2) is 7.39. The largest absolute Gasteiger partial charge is 0.468 e. The maximum atomic E-state index is 13.5. The van der Waals surface area contributed by atoms with Crippen LogP contribution in [0, 0.1) is 11.7 Å². The van der Waals surface area contributed by atoms with Gasteiger partial charge in [-0.3, -0.25) is 4.79 Å². The molecule has 20 heavy (non-hydrogen) atoms. The van der Waals surface area contributed by atoms with Gasteiger partial charge in [0.1, 0.15) is 11.2 Å². The molecule has 4 heteroatoms. The van der Waals surface area contributed by atoms with Crippen molar-refractivity contribution in [3.8, 4) is 0 Å². The number of rotatable bonds is 7. The van der Waals surface area contributed by atoms with Gasteiger partial charge in [-0.2, -0.15) is 0 Å². The van der Waals surface area contributed by atoms with E-state index in [1.807, 2.05) is 0 Å². The highest BCUT2D eigenvalue weighted by Gasteiger charge is 2.41. The van der Waals surface area contributed by atoms with Crippen LogP contribution in [-0.2, 0) is 14.9 Å². The number of nitrogens with two attached hydrogens (primary N) is 1. The lowest BCUT2D eigenvalue weighted by atomic mass is 9.73. The first kappa shape index (κ1) is 16.6. The van der Waals surface area contributed by atoms with Gasteiger partial charge in [0.15, 0.2) is 0 Å². The van der Waals surface area contributed by atoms with Crippen molar-refractivity contribution in [1.82, 2.24) is 0 Å². The molecule has 0 radical (unpaired) electrons. The van der Waals surface area contributed by atoms with E-state index in [9.17, 15) is 9.18 Å². The van der Waals surface area contributed by atoms with Gasteiger partial charge in [-0.1, -0.05) is 38.8 Å². The summed E-state index contributed by atoms with van der Waals surface area (Å²) in [5.41, 5.74) is 5.51. The molecule has 3 nitrogen and oxygen atoms in total. The molecule has 2 atom stereocenters. The van der Waals surface area contributed by atoms with E-state index >= 15 is 0 Å². The van der Waals surface area contributed by atoms with Gasteiger partial charge in [0.25, 0.3) is 0 Å². The summed E-state index contributed by atoms with van der Waals surface area (Å²) in [7, 11) is 1.34. The Morgan fingerprint density at radius 2 is 2.20 bits per heavy atom. The molecule has 0 spiro atoms. The smallest absolute Gasteiger partial charge is 0.317 e. The van der Waals surface area contributed by atoms with Crippen molar-refractivity contribution in [1.29, 1.82) is 0 Å². The molecule has 1 aromatic rings. The monoisotopic (exact) mass is 281 g/mol. The van der Waals surface area contributed by atoms with E-state index in [1.54, 1.807) is 12.1 Å². The Bertz CT molecular complexity index is 450. The maximum Gasteiger partial charge on any atom is 0.317 e. The normalized spacial score (nSPS) is 15.4. The Kier molecular flexibility index (Phi) is 6.14. The van der Waals surface area contributed by atoms with E-state index in [0.717, 1.165) is 12.8 Å². The van der Waals surface area contributed by atoms with E-state index in [0.29, 0.717) is 17.9 Å². The van der Waals surface area contributed by atoms with Crippen molar-refractivity contribution in [2.24, 2.45) is 11.7 Å². The Labute approximate surface area is 120 Å². The summed E-state index contributed by atoms with van der Waals surface area (Å²) in [6.07, 6.45) is 2.59. The van der Waals surface area contributed by atoms with Gasteiger partial charge in [0.2, 0.25) is 0 Å². The number of benzene rings is 1. The van der Waals surface area contributed by atoms with Gasteiger partial charge in [0.05, 0.1) is 7.11 Å². The lowest BCUT2D eigenvalue weighted by molar-refractivity contribution is -0.148. The highest BCUT2D eigenvalue weighted by Crippen LogP contribution is 2.33. The molecular weight excluding hydrogens is 257 g/mol. The molecule has 0 saturated heterocycles. The Morgan fingerprint density at radius 3 is 2.70 bits per heavy atom. The fourth-order valence-corrected chi connectivity index (χ4v) is 2.77. The van der Waals surface area contributed by atoms with Crippen molar-refractivity contribution in [2.75, 3.05) is 13.7 Å². The van der Waals surface area contributed by atoms with Crippen LogP contribution in [0.25, 0.3) is 0 Å². The van der Waals surface area contributed by atoms with Crippen LogP contribution < -0.4 is 5.73 Å². The zero-order valence-corrected chi connectivity index (χ0v) is 12.5. The number of ether oxygens (including phenoxy) is 1. The summed E-state index contributed by atoms with van der Waals surface area (Å²) < 4.78 is 18.4. The topological polar surface area (TPSA) is 52.3 Å². The first-order valence-corrected chi connectivity index (χ1v) is 7.04. The molecular formula is C16H24FNO2. The van der Waals surface area contributed by atoms with Gasteiger partial charge in [-0.05, 0) is 30.0 Å². The van der Waals surface area contributed by atoms with Gasteiger partial charge >= 0.3 is 5.97 Å². The minimum atomic E-state index is -0.967. The fourth-order valence-electron chi connectivity index (χ4n) is 2.77. The molecule has 0 aromatic heterocycles. The first-order valence-electron chi connectivity index (χ1n) is 7.04. The third-order valence-electron chi connectivity index (χ3n) is 3.78. The third-order valence-corrected chi connectivity index (χ3v) is 3.78. The zero-order valence-electron chi connectivity index (χ0n) is 12.5. The summed E-state index contributed by atoms with van der Waals surface area (Å²) in [4.78, 5) is 12.3. The molecule has 0 aliphatic heterocycles. The van der Waals surface area contributed by atoms with Crippen LogP contribution in [0.3, 0.4) is 0 Å². The Morgan fingerprint density at radius 1 is 1.50 bits per heavy atom. The van der Waals surface area contributed by atoms with E-state index in [4.69, 9.17) is 10.5 Å². The minimum Gasteiger partial charge on any atom is -0.468 e. The average molecular weight is 281 g/mol. The van der Waals surface area contributed by atoms with Crippen LogP contribution in [0.2, 0.25) is 0 Å². The molecule has 0 amide bonds. The van der Waals surface area contributed by atoms with Gasteiger partial charge in [0, 0.05) is 6.54 Å². The van der Waals surface area contributed by atoms with Crippen molar-refractivity contribution in [3.63, 3.8) is 0 Å². The molecule has 0 aliphatic rings. The number of halogens is 1. The molecule has 2 unspecified atom stereocenters. The average Bonchev–Trinajstić information content (AvgIpc) is 2.44. The van der Waals surface area contributed by atoms with Crippen LogP contribution >= 0.6 is 0 Å². The summed E-state index contributed by atoms with van der Waals surface area (Å²) in [5, 5.41) is 0. The number of carbonyl (C=O) groups excluding carboxylic acids is 1. The number of hydrogen-bond donors (Lipinski definition) is 1. The van der Waals surface area contributed by atoms with Gasteiger partial charge in [-0.15, -0.1) is 0 Å². The third kappa shape index (κ3) is 3.57. The lowest BCUT2D eigenvalue weighted by Crippen LogP contribution is -2.45. The van der Waals surface area contributed by atoms with Crippen LogP contribution in [0.4, 0.5) is 4.39 Å². The van der Waals surface area contributed by atoms with E-state index < -0.39 is 11.4 Å². The molecule has 1 rings (SSSR count). The van der Waals surface area contributed by atoms with Crippen LogP contribution in [0.1, 0.15) is 38.7 Å². The number of carbonyl (C=O) groups is 1. The molecule has 0 heterocycles. The predicted molar refractivity (Wildman–Crippen MR) is 77.8 cm³/mol. The standard InChI is InChI=1S/C16H24FNO2/c1-4-6-12(2)10-16(11-18,15(19)20-3)13-7-5-8-14(17)9-13/h5,7-9,12H,4,6,10-11,18H2,1-3H3. The summed E-state index contributed by atoms with van der Waals surface area (Å²) >= 11 is 0. The summed E-state index contributed by atoms with van der Waals surface area (Å²) in [6, 6.07) is 6.08. The molecule has 0 bridgehead atoms. The van der Waals surface area contributed by atoms with E-state index in [1.165, 1.54) is 19.2 Å². The first-order chi connectivity index (χ1) is 9.50. The lowest BCUT2D eigenvalue weighted by Gasteiger charge is -2.32. The van der Waals surface area contributed by atoms with Crippen molar-refractivity contribution >= 4 is 5.97 Å². The van der Waals surface area contributed by atoms with Crippen LogP contribution in [0.5, 0.6) is 0 Å². The number of methoxy groups -OCH3 is 1. The second-order valence-electron chi connectivity index (χ2n) is 5.39. The van der Waals surface area contributed by atoms with Gasteiger partial charge in [-0.25, -0.2) is 4.39 Å². The Hall–Kier alpha value is -1.42. The summed E-state index contributed by atoms with van der Waals surface area (Å²) in [6.45, 7) is 4.29. The Balaban J connectivity index is 3.21. The zero-order chi connectivity index (χ0) is 15.2. The van der Waals surface area contributed by atoms with Crippen molar-refractivity contribution < 1.29 is 13.9 Å². The van der Waals surface area contributed by atoms with Crippen LogP contribution in [-0.4, -0.2) is 19.6 Å². The number of esters is 1. The molecule has 112 valence electrons. The highest BCUT2D eigenvalue weighted by atomic mass is 19.1. The maximum absolute atomic E-state index is 13.5. The van der Waals surface area contributed by atoms with Crippen molar-refractivity contribution in [2.45, 2.75) is 38.5 Å². The predicted octanol–water partition coefficient (Wildman–Crippen LogP) is 3.02. The second-order valence-corrected chi connectivity index (χ2v) is 5.39. The van der Waals surface area contributed by atoms with Gasteiger partial charge < -0.3 is 10.5 Å². The molecule has 2 N–H and O–H groups in total. The number of hydrogen-bond acceptors (Lipinski definition) is 3. The van der Waals surface area contributed by atoms with E-state index in [2.05, 4.69) is 13.8 Å². The fraction of sp³-hybridized carbons (Fsp3) is 0.562. The SMILES string of the molecule is CCCC(C)CC(CN)(C(=O)OC)c1cccc(F)c1. The van der Waals surface area contributed by atoms with E-state index in [-0.39, 0.29) is 12.4 Å². The highest BCUT2D eigenvalue weighted by molar-refractivity contribution is 5.83. The minimum absolute atomic E-state index is 0.108. The van der Waals surface area contributed by atoms with Crippen LogP contribution in [0.15, 0.2) is 24.3 Å². The summed E-state index contributed by atoms with van der Waals surface area (Å²) in [5.74, 6) is -0.452. The quantitative estimate of drug-likeness (QED) is 0.782. The molecule has 1 aromatic carbocycles. The molecule has 0 fully saturated rings.